The van der Waals surface area contributed by atoms with Gasteiger partial charge < -0.3 is 9.80 Å². The van der Waals surface area contributed by atoms with E-state index in [2.05, 4.69) is 0 Å². The Hall–Kier alpha value is -1.84. The zero-order chi connectivity index (χ0) is 14.0. The van der Waals surface area contributed by atoms with Gasteiger partial charge in [-0.3, -0.25) is 9.59 Å². The number of carbonyl (C=O) groups excluding carboxylic acids is 2. The second kappa shape index (κ2) is 5.43. The average Bonchev–Trinajstić information content (AvgIpc) is 2.41. The first-order valence-corrected chi connectivity index (χ1v) is 6.54. The van der Waals surface area contributed by atoms with Crippen molar-refractivity contribution in [3.63, 3.8) is 0 Å². The number of hydrogen-bond donors (Lipinski definition) is 0. The smallest absolute Gasteiger partial charge is 0.227 e. The van der Waals surface area contributed by atoms with E-state index in [1.807, 2.05) is 30.3 Å². The highest BCUT2D eigenvalue weighted by Crippen LogP contribution is 2.36. The lowest BCUT2D eigenvalue weighted by atomic mass is 9.84. The molecule has 19 heavy (non-hydrogen) atoms. The third-order valence-electron chi connectivity index (χ3n) is 3.76. The lowest BCUT2D eigenvalue weighted by Gasteiger charge is -2.39. The molecule has 0 aliphatic carbocycles. The van der Waals surface area contributed by atoms with E-state index in [1.54, 1.807) is 30.9 Å². The van der Waals surface area contributed by atoms with Gasteiger partial charge in [0.15, 0.2) is 0 Å². The topological polar surface area (TPSA) is 40.6 Å². The first-order chi connectivity index (χ1) is 9.02. The molecular formula is C15H20N2O2. The fraction of sp³-hybridized carbons (Fsp3) is 0.467. The van der Waals surface area contributed by atoms with E-state index in [4.69, 9.17) is 0 Å². The Balaban J connectivity index is 2.36. The SMILES string of the molecule is CN(C)C(=O)[C@H]1CCC(=O)N(C)[C@@H]1c1ccccc1. The predicted octanol–water partition coefficient (Wildman–Crippen LogP) is 1.68. The van der Waals surface area contributed by atoms with Crippen molar-refractivity contribution in [3.8, 4) is 0 Å². The second-order valence-corrected chi connectivity index (χ2v) is 5.24. The molecule has 2 atom stereocenters. The van der Waals surface area contributed by atoms with Gasteiger partial charge in [0, 0.05) is 27.6 Å². The van der Waals surface area contributed by atoms with E-state index in [1.165, 1.54) is 0 Å². The number of hydrogen-bond acceptors (Lipinski definition) is 2. The molecule has 0 spiro atoms. The number of carbonyl (C=O) groups is 2. The van der Waals surface area contributed by atoms with Gasteiger partial charge in [0.1, 0.15) is 0 Å². The molecule has 2 rings (SSSR count). The molecule has 1 heterocycles. The van der Waals surface area contributed by atoms with Crippen LogP contribution in [0.15, 0.2) is 30.3 Å². The summed E-state index contributed by atoms with van der Waals surface area (Å²) in [6.07, 6.45) is 1.07. The first kappa shape index (κ1) is 13.6. The first-order valence-electron chi connectivity index (χ1n) is 6.54. The Morgan fingerprint density at radius 2 is 1.89 bits per heavy atom. The van der Waals surface area contributed by atoms with Crippen molar-refractivity contribution >= 4 is 11.8 Å². The molecule has 1 aromatic rings. The van der Waals surface area contributed by atoms with Crippen molar-refractivity contribution in [1.29, 1.82) is 0 Å². The number of nitrogens with zero attached hydrogens (tertiary/aromatic N) is 2. The van der Waals surface area contributed by atoms with Crippen LogP contribution in [0.1, 0.15) is 24.4 Å². The van der Waals surface area contributed by atoms with E-state index in [0.717, 1.165) is 5.56 Å². The zero-order valence-corrected chi connectivity index (χ0v) is 11.7. The highest BCUT2D eigenvalue weighted by atomic mass is 16.2. The molecule has 0 unspecified atom stereocenters. The predicted molar refractivity (Wildman–Crippen MR) is 73.4 cm³/mol. The summed E-state index contributed by atoms with van der Waals surface area (Å²) in [7, 11) is 5.32. The number of benzene rings is 1. The van der Waals surface area contributed by atoms with E-state index in [0.29, 0.717) is 12.8 Å². The number of amides is 2. The molecular weight excluding hydrogens is 240 g/mol. The number of rotatable bonds is 2. The number of likely N-dealkylation sites (tertiary alicyclic amines) is 1. The van der Waals surface area contributed by atoms with Crippen LogP contribution in [0.3, 0.4) is 0 Å². The summed E-state index contributed by atoms with van der Waals surface area (Å²) < 4.78 is 0. The quantitative estimate of drug-likeness (QED) is 0.812. The van der Waals surface area contributed by atoms with Crippen LogP contribution >= 0.6 is 0 Å². The fourth-order valence-electron chi connectivity index (χ4n) is 2.73. The fourth-order valence-corrected chi connectivity index (χ4v) is 2.73. The summed E-state index contributed by atoms with van der Waals surface area (Å²) in [4.78, 5) is 27.6. The molecule has 1 fully saturated rings. The summed E-state index contributed by atoms with van der Waals surface area (Å²) in [5, 5.41) is 0. The molecule has 1 aliphatic rings. The minimum absolute atomic E-state index is 0.0909. The Kier molecular flexibility index (Phi) is 3.88. The maximum atomic E-state index is 12.3. The molecule has 4 nitrogen and oxygen atoms in total. The minimum atomic E-state index is -0.155. The minimum Gasteiger partial charge on any atom is -0.349 e. The largest absolute Gasteiger partial charge is 0.349 e. The molecule has 0 N–H and O–H groups in total. The van der Waals surface area contributed by atoms with Crippen LogP contribution in [-0.4, -0.2) is 42.8 Å². The van der Waals surface area contributed by atoms with Gasteiger partial charge >= 0.3 is 0 Å². The Morgan fingerprint density at radius 3 is 2.47 bits per heavy atom. The Labute approximate surface area is 114 Å². The van der Waals surface area contributed by atoms with Gasteiger partial charge in [0.05, 0.1) is 12.0 Å². The summed E-state index contributed by atoms with van der Waals surface area (Å²) in [6, 6.07) is 9.64. The second-order valence-electron chi connectivity index (χ2n) is 5.24. The zero-order valence-electron chi connectivity index (χ0n) is 11.7. The molecule has 102 valence electrons. The maximum Gasteiger partial charge on any atom is 0.227 e. The molecule has 0 saturated carbocycles. The molecule has 1 aliphatic heterocycles. The average molecular weight is 260 g/mol. The standard InChI is InChI=1S/C15H20N2O2/c1-16(2)15(19)12-9-10-13(18)17(3)14(12)11-7-5-4-6-8-11/h4-8,12,14H,9-10H2,1-3H3/t12-,14+/m0/s1. The number of piperidine rings is 1. The molecule has 0 aromatic heterocycles. The Bertz CT molecular complexity index is 470. The van der Waals surface area contributed by atoms with Gasteiger partial charge in [0.25, 0.3) is 0 Å². The third-order valence-corrected chi connectivity index (χ3v) is 3.76. The van der Waals surface area contributed by atoms with Crippen LogP contribution in [0.4, 0.5) is 0 Å². The van der Waals surface area contributed by atoms with Crippen LogP contribution in [-0.2, 0) is 9.59 Å². The highest BCUT2D eigenvalue weighted by Gasteiger charge is 2.39. The summed E-state index contributed by atoms with van der Waals surface area (Å²) in [6.45, 7) is 0. The lowest BCUT2D eigenvalue weighted by molar-refractivity contribution is -0.145. The Morgan fingerprint density at radius 1 is 1.26 bits per heavy atom. The van der Waals surface area contributed by atoms with Crippen LogP contribution in [0.5, 0.6) is 0 Å². The molecule has 0 radical (unpaired) electrons. The molecule has 1 saturated heterocycles. The van der Waals surface area contributed by atoms with Crippen molar-refractivity contribution in [3.05, 3.63) is 35.9 Å². The third kappa shape index (κ3) is 2.62. The van der Waals surface area contributed by atoms with Gasteiger partial charge in [-0.2, -0.15) is 0 Å². The van der Waals surface area contributed by atoms with Crippen molar-refractivity contribution < 1.29 is 9.59 Å². The maximum absolute atomic E-state index is 12.3. The van der Waals surface area contributed by atoms with Crippen molar-refractivity contribution in [2.75, 3.05) is 21.1 Å². The van der Waals surface area contributed by atoms with Gasteiger partial charge in [-0.1, -0.05) is 30.3 Å². The summed E-state index contributed by atoms with van der Waals surface area (Å²) >= 11 is 0. The molecule has 2 amide bonds. The van der Waals surface area contributed by atoms with Gasteiger partial charge in [-0.25, -0.2) is 0 Å². The monoisotopic (exact) mass is 260 g/mol. The van der Waals surface area contributed by atoms with Crippen LogP contribution in [0.2, 0.25) is 0 Å². The lowest BCUT2D eigenvalue weighted by Crippen LogP contribution is -2.46. The van der Waals surface area contributed by atoms with Gasteiger partial charge in [0.2, 0.25) is 11.8 Å². The van der Waals surface area contributed by atoms with Gasteiger partial charge in [-0.05, 0) is 12.0 Å². The van der Waals surface area contributed by atoms with Crippen molar-refractivity contribution in [1.82, 2.24) is 9.80 Å². The van der Waals surface area contributed by atoms with E-state index in [9.17, 15) is 9.59 Å². The van der Waals surface area contributed by atoms with Crippen LogP contribution in [0.25, 0.3) is 0 Å². The highest BCUT2D eigenvalue weighted by molar-refractivity contribution is 5.84. The van der Waals surface area contributed by atoms with Crippen LogP contribution in [0, 0.1) is 5.92 Å². The van der Waals surface area contributed by atoms with E-state index < -0.39 is 0 Å². The normalized spacial score (nSPS) is 23.3. The summed E-state index contributed by atoms with van der Waals surface area (Å²) in [5.41, 5.74) is 1.03. The van der Waals surface area contributed by atoms with E-state index >= 15 is 0 Å². The summed E-state index contributed by atoms with van der Waals surface area (Å²) in [5.74, 6) is 0.0463. The van der Waals surface area contributed by atoms with Crippen molar-refractivity contribution in [2.45, 2.75) is 18.9 Å². The molecule has 4 heteroatoms. The van der Waals surface area contributed by atoms with E-state index in [-0.39, 0.29) is 23.8 Å². The van der Waals surface area contributed by atoms with Gasteiger partial charge in [-0.15, -0.1) is 0 Å². The van der Waals surface area contributed by atoms with Crippen molar-refractivity contribution in [2.24, 2.45) is 5.92 Å². The molecule has 1 aromatic carbocycles. The molecule has 0 bridgehead atoms. The van der Waals surface area contributed by atoms with Crippen LogP contribution < -0.4 is 0 Å².